The molecular weight excluding hydrogens is 214 g/mol. The quantitative estimate of drug-likeness (QED) is 0.762. The number of ether oxygens (including phenoxy) is 2. The summed E-state index contributed by atoms with van der Waals surface area (Å²) < 4.78 is 10.7. The Morgan fingerprint density at radius 2 is 1.76 bits per heavy atom. The van der Waals surface area contributed by atoms with Crippen LogP contribution in [-0.2, 0) is 0 Å². The number of anilines is 1. The second kappa shape index (κ2) is 3.70. The van der Waals surface area contributed by atoms with Gasteiger partial charge in [0.2, 0.25) is 6.79 Å². The van der Waals surface area contributed by atoms with E-state index >= 15 is 0 Å². The molecule has 0 unspecified atom stereocenters. The van der Waals surface area contributed by atoms with Gasteiger partial charge in [0.05, 0.1) is 0 Å². The number of nitrogens with two attached hydrogens (primary N) is 1. The topological polar surface area (TPSA) is 44.5 Å². The van der Waals surface area contributed by atoms with Crippen LogP contribution >= 0.6 is 0 Å². The Bertz CT molecular complexity index is 558. The van der Waals surface area contributed by atoms with Gasteiger partial charge in [0, 0.05) is 5.69 Å². The summed E-state index contributed by atoms with van der Waals surface area (Å²) in [7, 11) is 0. The van der Waals surface area contributed by atoms with E-state index in [0.29, 0.717) is 6.79 Å². The Morgan fingerprint density at radius 1 is 0.941 bits per heavy atom. The fourth-order valence-corrected chi connectivity index (χ4v) is 2.06. The van der Waals surface area contributed by atoms with Gasteiger partial charge in [-0.05, 0) is 47.9 Å². The van der Waals surface area contributed by atoms with E-state index in [-0.39, 0.29) is 0 Å². The third-order valence-electron chi connectivity index (χ3n) is 2.81. The van der Waals surface area contributed by atoms with Crippen molar-refractivity contribution in [2.24, 2.45) is 0 Å². The van der Waals surface area contributed by atoms with Crippen LogP contribution in [-0.4, -0.2) is 6.79 Å². The normalized spacial score (nSPS) is 12.8. The van der Waals surface area contributed by atoms with Crippen molar-refractivity contribution in [2.45, 2.75) is 6.92 Å². The summed E-state index contributed by atoms with van der Waals surface area (Å²) in [4.78, 5) is 0. The van der Waals surface area contributed by atoms with Gasteiger partial charge in [-0.2, -0.15) is 0 Å². The molecule has 3 rings (SSSR count). The monoisotopic (exact) mass is 227 g/mol. The molecule has 86 valence electrons. The highest BCUT2D eigenvalue weighted by atomic mass is 16.7. The van der Waals surface area contributed by atoms with Crippen molar-refractivity contribution in [3.05, 3.63) is 42.0 Å². The summed E-state index contributed by atoms with van der Waals surface area (Å²) in [5.41, 5.74) is 9.97. The Hall–Kier alpha value is -2.16. The van der Waals surface area contributed by atoms with Gasteiger partial charge in [0.1, 0.15) is 0 Å². The third kappa shape index (κ3) is 1.80. The number of fused-ring (bicyclic) bond motifs is 1. The molecule has 17 heavy (non-hydrogen) atoms. The first-order valence-electron chi connectivity index (χ1n) is 5.49. The zero-order valence-corrected chi connectivity index (χ0v) is 9.57. The lowest BCUT2D eigenvalue weighted by atomic mass is 10.0. The second-order valence-corrected chi connectivity index (χ2v) is 4.20. The van der Waals surface area contributed by atoms with Gasteiger partial charge in [0.25, 0.3) is 0 Å². The van der Waals surface area contributed by atoms with E-state index in [1.807, 2.05) is 37.3 Å². The summed E-state index contributed by atoms with van der Waals surface area (Å²) in [5.74, 6) is 1.59. The molecule has 1 aliphatic rings. The van der Waals surface area contributed by atoms with Gasteiger partial charge in [-0.3, -0.25) is 0 Å². The van der Waals surface area contributed by atoms with Gasteiger partial charge >= 0.3 is 0 Å². The van der Waals surface area contributed by atoms with Crippen LogP contribution in [0.1, 0.15) is 5.56 Å². The first-order chi connectivity index (χ1) is 8.22. The van der Waals surface area contributed by atoms with E-state index in [0.717, 1.165) is 33.9 Å². The van der Waals surface area contributed by atoms with Crippen LogP contribution in [0.2, 0.25) is 0 Å². The number of rotatable bonds is 1. The average molecular weight is 227 g/mol. The molecule has 0 radical (unpaired) electrons. The first kappa shape index (κ1) is 10.0. The lowest BCUT2D eigenvalue weighted by Crippen LogP contribution is -1.92. The van der Waals surface area contributed by atoms with Crippen LogP contribution in [0, 0.1) is 6.92 Å². The number of nitrogen functional groups attached to an aromatic ring is 1. The van der Waals surface area contributed by atoms with Gasteiger partial charge in [-0.25, -0.2) is 0 Å². The molecule has 0 saturated heterocycles. The molecule has 0 spiro atoms. The van der Waals surface area contributed by atoms with E-state index in [9.17, 15) is 0 Å². The van der Waals surface area contributed by atoms with Gasteiger partial charge in [-0.1, -0.05) is 12.1 Å². The average Bonchev–Trinajstić information content (AvgIpc) is 2.74. The van der Waals surface area contributed by atoms with Crippen LogP contribution in [0.25, 0.3) is 11.1 Å². The Kier molecular flexibility index (Phi) is 2.18. The minimum absolute atomic E-state index is 0.300. The molecule has 3 heteroatoms. The predicted molar refractivity (Wildman–Crippen MR) is 67.2 cm³/mol. The molecule has 2 N–H and O–H groups in total. The summed E-state index contributed by atoms with van der Waals surface area (Å²) in [6, 6.07) is 11.9. The molecule has 0 aliphatic carbocycles. The van der Waals surface area contributed by atoms with Gasteiger partial charge in [-0.15, -0.1) is 0 Å². The molecule has 0 atom stereocenters. The molecule has 2 aromatic carbocycles. The van der Waals surface area contributed by atoms with Crippen LogP contribution in [0.5, 0.6) is 11.5 Å². The molecule has 1 heterocycles. The Balaban J connectivity index is 2.09. The zero-order valence-electron chi connectivity index (χ0n) is 9.57. The molecule has 3 nitrogen and oxygen atoms in total. The van der Waals surface area contributed by atoms with Crippen LogP contribution in [0.3, 0.4) is 0 Å². The van der Waals surface area contributed by atoms with Crippen molar-refractivity contribution >= 4 is 5.69 Å². The maximum atomic E-state index is 5.85. The lowest BCUT2D eigenvalue weighted by Gasteiger charge is -2.06. The van der Waals surface area contributed by atoms with Crippen LogP contribution in [0.4, 0.5) is 5.69 Å². The van der Waals surface area contributed by atoms with Crippen molar-refractivity contribution in [1.82, 2.24) is 0 Å². The summed E-state index contributed by atoms with van der Waals surface area (Å²) in [6.07, 6.45) is 0. The molecule has 0 fully saturated rings. The fourth-order valence-electron chi connectivity index (χ4n) is 2.06. The fraction of sp³-hybridized carbons (Fsp3) is 0.143. The summed E-state index contributed by atoms with van der Waals surface area (Å²) in [5, 5.41) is 0. The predicted octanol–water partition coefficient (Wildman–Crippen LogP) is 2.97. The van der Waals surface area contributed by atoms with Gasteiger partial charge < -0.3 is 15.2 Å². The first-order valence-corrected chi connectivity index (χ1v) is 5.49. The maximum Gasteiger partial charge on any atom is 0.231 e. The molecule has 2 aromatic rings. The van der Waals surface area contributed by atoms with Crippen LogP contribution < -0.4 is 15.2 Å². The number of aryl methyl sites for hydroxylation is 1. The number of hydrogen-bond donors (Lipinski definition) is 1. The molecule has 0 amide bonds. The van der Waals surface area contributed by atoms with Crippen molar-refractivity contribution in [3.8, 4) is 22.6 Å². The molecule has 0 bridgehead atoms. The minimum atomic E-state index is 0.300. The van der Waals surface area contributed by atoms with Crippen molar-refractivity contribution in [3.63, 3.8) is 0 Å². The van der Waals surface area contributed by atoms with E-state index in [2.05, 4.69) is 6.07 Å². The van der Waals surface area contributed by atoms with Crippen molar-refractivity contribution < 1.29 is 9.47 Å². The van der Waals surface area contributed by atoms with E-state index in [1.165, 1.54) is 0 Å². The smallest absolute Gasteiger partial charge is 0.231 e. The van der Waals surface area contributed by atoms with Crippen molar-refractivity contribution in [2.75, 3.05) is 12.5 Å². The Labute approximate surface area is 99.8 Å². The highest BCUT2D eigenvalue weighted by Gasteiger charge is 2.13. The van der Waals surface area contributed by atoms with E-state index in [1.54, 1.807) is 0 Å². The second-order valence-electron chi connectivity index (χ2n) is 4.20. The molecule has 0 aromatic heterocycles. The zero-order chi connectivity index (χ0) is 11.8. The number of benzene rings is 2. The SMILES string of the molecule is Cc1cc(N)cc(-c2ccc3c(c2)OCO3)c1. The lowest BCUT2D eigenvalue weighted by molar-refractivity contribution is 0.174. The minimum Gasteiger partial charge on any atom is -0.454 e. The Morgan fingerprint density at radius 3 is 2.59 bits per heavy atom. The highest BCUT2D eigenvalue weighted by molar-refractivity contribution is 5.71. The van der Waals surface area contributed by atoms with Gasteiger partial charge in [0.15, 0.2) is 11.5 Å². The summed E-state index contributed by atoms with van der Waals surface area (Å²) in [6.45, 7) is 2.33. The largest absolute Gasteiger partial charge is 0.454 e. The highest BCUT2D eigenvalue weighted by Crippen LogP contribution is 2.36. The molecule has 0 saturated carbocycles. The van der Waals surface area contributed by atoms with Crippen LogP contribution in [0.15, 0.2) is 36.4 Å². The molecule has 1 aliphatic heterocycles. The third-order valence-corrected chi connectivity index (χ3v) is 2.81. The number of hydrogen-bond acceptors (Lipinski definition) is 3. The standard InChI is InChI=1S/C14H13NO2/c1-9-4-11(6-12(15)5-9)10-2-3-13-14(7-10)17-8-16-13/h2-7H,8,15H2,1H3. The summed E-state index contributed by atoms with van der Waals surface area (Å²) >= 11 is 0. The molecular formula is C14H13NO2. The van der Waals surface area contributed by atoms with Crippen molar-refractivity contribution in [1.29, 1.82) is 0 Å². The maximum absolute atomic E-state index is 5.85. The van der Waals surface area contributed by atoms with E-state index in [4.69, 9.17) is 15.2 Å². The van der Waals surface area contributed by atoms with E-state index < -0.39 is 0 Å².